The minimum Gasteiger partial charge on any atom is -0.493 e. The number of rotatable bonds is 15. The van der Waals surface area contributed by atoms with Crippen molar-refractivity contribution in [2.75, 3.05) is 46.0 Å². The topological polar surface area (TPSA) is 94.4 Å². The molecular weight excluding hydrogens is 504 g/mol. The van der Waals surface area contributed by atoms with Crippen molar-refractivity contribution in [3.05, 3.63) is 83.4 Å². The van der Waals surface area contributed by atoms with Gasteiger partial charge in [-0.2, -0.15) is 0 Å². The molecule has 4 N–H and O–H groups in total. The molecule has 3 atom stereocenters. The Hall–Kier alpha value is -2.94. The number of aliphatic hydroxyl groups is 3. The molecule has 0 radical (unpaired) electrons. The van der Waals surface area contributed by atoms with Gasteiger partial charge in [-0.1, -0.05) is 54.6 Å². The Morgan fingerprint density at radius 1 is 0.875 bits per heavy atom. The van der Waals surface area contributed by atoms with E-state index in [4.69, 9.17) is 9.47 Å². The van der Waals surface area contributed by atoms with Crippen LogP contribution in [0.2, 0.25) is 0 Å². The summed E-state index contributed by atoms with van der Waals surface area (Å²) in [5.74, 6) is 1.75. The van der Waals surface area contributed by atoms with E-state index in [0.717, 1.165) is 78.2 Å². The fourth-order valence-electron chi connectivity index (χ4n) is 5.36. The van der Waals surface area contributed by atoms with Crippen LogP contribution in [0.4, 0.5) is 0 Å². The summed E-state index contributed by atoms with van der Waals surface area (Å²) in [6, 6.07) is 21.7. The number of ether oxygens (including phenoxy) is 2. The molecule has 4 rings (SSSR count). The molecular formula is C33H44N2O5. The van der Waals surface area contributed by atoms with Gasteiger partial charge in [0.05, 0.1) is 38.1 Å². The lowest BCUT2D eigenvalue weighted by molar-refractivity contribution is 0.0620. The van der Waals surface area contributed by atoms with Gasteiger partial charge in [-0.25, -0.2) is 0 Å². The van der Waals surface area contributed by atoms with E-state index in [1.165, 1.54) is 0 Å². The average molecular weight is 549 g/mol. The molecule has 0 unspecified atom stereocenters. The zero-order valence-electron chi connectivity index (χ0n) is 23.8. The van der Waals surface area contributed by atoms with Crippen molar-refractivity contribution >= 4 is 0 Å². The maximum Gasteiger partial charge on any atom is 0.122 e. The van der Waals surface area contributed by atoms with Gasteiger partial charge >= 0.3 is 0 Å². The lowest BCUT2D eigenvalue weighted by Crippen LogP contribution is -2.35. The van der Waals surface area contributed by atoms with Crippen LogP contribution < -0.4 is 14.8 Å². The van der Waals surface area contributed by atoms with Crippen LogP contribution in [0.1, 0.15) is 42.0 Å². The minimum atomic E-state index is -0.871. The van der Waals surface area contributed by atoms with E-state index in [-0.39, 0.29) is 18.8 Å². The average Bonchev–Trinajstić information content (AvgIpc) is 3.39. The first-order chi connectivity index (χ1) is 19.5. The second-order valence-corrected chi connectivity index (χ2v) is 10.6. The highest BCUT2D eigenvalue weighted by Gasteiger charge is 2.20. The predicted octanol–water partition coefficient (Wildman–Crippen LogP) is 4.26. The van der Waals surface area contributed by atoms with Crippen molar-refractivity contribution < 1.29 is 24.8 Å². The van der Waals surface area contributed by atoms with Crippen LogP contribution in [-0.4, -0.2) is 78.4 Å². The van der Waals surface area contributed by atoms with Crippen LogP contribution in [0.25, 0.3) is 11.1 Å². The second kappa shape index (κ2) is 15.2. The van der Waals surface area contributed by atoms with E-state index in [1.807, 2.05) is 54.6 Å². The zero-order chi connectivity index (χ0) is 28.3. The number of β-amino-alcohol motifs (C(OH)–C–C–N with tert-alkyl or cyclic N) is 1. The van der Waals surface area contributed by atoms with Gasteiger partial charge in [0.15, 0.2) is 0 Å². The van der Waals surface area contributed by atoms with E-state index >= 15 is 0 Å². The lowest BCUT2D eigenvalue weighted by atomic mass is 9.95. The summed E-state index contributed by atoms with van der Waals surface area (Å²) in [7, 11) is 0. The molecule has 1 heterocycles. The van der Waals surface area contributed by atoms with Gasteiger partial charge < -0.3 is 35.0 Å². The number of aliphatic hydroxyl groups excluding tert-OH is 3. The van der Waals surface area contributed by atoms with Crippen LogP contribution in [0.5, 0.6) is 11.5 Å². The second-order valence-electron chi connectivity index (χ2n) is 10.6. The minimum absolute atomic E-state index is 0.183. The summed E-state index contributed by atoms with van der Waals surface area (Å²) < 4.78 is 12.3. The number of nitrogens with one attached hydrogen (secondary N) is 1. The Kier molecular flexibility index (Phi) is 11.4. The molecule has 7 nitrogen and oxygen atoms in total. The normalized spacial score (nSPS) is 17.1. The Balaban J connectivity index is 1.30. The van der Waals surface area contributed by atoms with Crippen molar-refractivity contribution in [2.24, 2.45) is 0 Å². The number of hydrogen-bond acceptors (Lipinski definition) is 7. The Morgan fingerprint density at radius 2 is 1.50 bits per heavy atom. The third kappa shape index (κ3) is 8.05. The van der Waals surface area contributed by atoms with Gasteiger partial charge in [0.1, 0.15) is 11.5 Å². The Labute approximate surface area is 238 Å². The van der Waals surface area contributed by atoms with E-state index in [1.54, 1.807) is 0 Å². The third-order valence-electron chi connectivity index (χ3n) is 7.66. The van der Waals surface area contributed by atoms with Crippen LogP contribution in [0.15, 0.2) is 66.7 Å². The molecule has 3 aromatic rings. The van der Waals surface area contributed by atoms with Crippen LogP contribution >= 0.6 is 0 Å². The number of likely N-dealkylation sites (tertiary alicyclic amines) is 1. The summed E-state index contributed by atoms with van der Waals surface area (Å²) in [5.41, 5.74) is 5.40. The van der Waals surface area contributed by atoms with Gasteiger partial charge in [-0.15, -0.1) is 0 Å². The molecule has 216 valence electrons. The summed E-state index contributed by atoms with van der Waals surface area (Å²) in [6.07, 6.45) is 1.49. The van der Waals surface area contributed by atoms with Gasteiger partial charge in [0.25, 0.3) is 0 Å². The molecule has 0 aliphatic carbocycles. The molecule has 1 aliphatic rings. The fourth-order valence-corrected chi connectivity index (χ4v) is 5.36. The van der Waals surface area contributed by atoms with Crippen molar-refractivity contribution in [2.45, 2.75) is 51.4 Å². The SMILES string of the molecule is Cc1c(OCCCN[C@@H](c2ccccc2)[C@H](O)CO)cccc1-c1cccc(OCCCN2CC[C@@H](O)C2)c1C. The molecule has 0 spiro atoms. The zero-order valence-corrected chi connectivity index (χ0v) is 23.8. The molecule has 0 saturated carbocycles. The highest BCUT2D eigenvalue weighted by Crippen LogP contribution is 2.35. The quantitative estimate of drug-likeness (QED) is 0.211. The Morgan fingerprint density at radius 3 is 2.08 bits per heavy atom. The summed E-state index contributed by atoms with van der Waals surface area (Å²) in [4.78, 5) is 2.29. The Bertz CT molecular complexity index is 1190. The van der Waals surface area contributed by atoms with Crippen molar-refractivity contribution in [3.63, 3.8) is 0 Å². The van der Waals surface area contributed by atoms with E-state index in [9.17, 15) is 15.3 Å². The van der Waals surface area contributed by atoms with Crippen molar-refractivity contribution in [1.29, 1.82) is 0 Å². The molecule has 0 aromatic heterocycles. The van der Waals surface area contributed by atoms with E-state index in [0.29, 0.717) is 19.8 Å². The van der Waals surface area contributed by atoms with Crippen molar-refractivity contribution in [3.8, 4) is 22.6 Å². The molecule has 3 aromatic carbocycles. The number of hydrogen-bond donors (Lipinski definition) is 4. The largest absolute Gasteiger partial charge is 0.493 e. The predicted molar refractivity (Wildman–Crippen MR) is 159 cm³/mol. The van der Waals surface area contributed by atoms with Crippen molar-refractivity contribution in [1.82, 2.24) is 10.2 Å². The summed E-state index contributed by atoms with van der Waals surface area (Å²) in [6.45, 7) is 8.38. The van der Waals surface area contributed by atoms with Gasteiger partial charge in [0.2, 0.25) is 0 Å². The lowest BCUT2D eigenvalue weighted by Gasteiger charge is -2.23. The number of benzene rings is 3. The first kappa shape index (κ1) is 30.0. The highest BCUT2D eigenvalue weighted by molar-refractivity contribution is 5.74. The third-order valence-corrected chi connectivity index (χ3v) is 7.66. The maximum absolute atomic E-state index is 10.3. The van der Waals surface area contributed by atoms with Gasteiger partial charge in [0, 0.05) is 19.6 Å². The molecule has 1 fully saturated rings. The van der Waals surface area contributed by atoms with Crippen LogP contribution in [0, 0.1) is 13.8 Å². The molecule has 0 amide bonds. The monoisotopic (exact) mass is 548 g/mol. The van der Waals surface area contributed by atoms with E-state index in [2.05, 4.69) is 36.2 Å². The molecule has 0 bridgehead atoms. The van der Waals surface area contributed by atoms with Crippen LogP contribution in [-0.2, 0) is 0 Å². The fraction of sp³-hybridized carbons (Fsp3) is 0.455. The summed E-state index contributed by atoms with van der Waals surface area (Å²) in [5, 5.41) is 32.8. The molecule has 1 aliphatic heterocycles. The first-order valence-corrected chi connectivity index (χ1v) is 14.4. The standard InChI is InChI=1S/C33H44N2O5/c1-24-28(29-13-7-15-32(25(29)2)40-21-9-18-35-19-16-27(37)22-35)12-6-14-31(24)39-20-8-17-34-33(30(38)23-36)26-10-4-3-5-11-26/h3-7,10-15,27,30,33-34,36-38H,8-9,16-23H2,1-2H3/t27-,30-,33+/m1/s1. The van der Waals surface area contributed by atoms with Crippen LogP contribution in [0.3, 0.4) is 0 Å². The van der Waals surface area contributed by atoms with Gasteiger partial charge in [-0.05, 0) is 79.6 Å². The van der Waals surface area contributed by atoms with Gasteiger partial charge in [-0.3, -0.25) is 0 Å². The smallest absolute Gasteiger partial charge is 0.122 e. The van der Waals surface area contributed by atoms with E-state index < -0.39 is 6.10 Å². The maximum atomic E-state index is 10.3. The molecule has 40 heavy (non-hydrogen) atoms. The molecule has 1 saturated heterocycles. The highest BCUT2D eigenvalue weighted by atomic mass is 16.5. The summed E-state index contributed by atoms with van der Waals surface area (Å²) >= 11 is 0. The number of nitrogens with zero attached hydrogens (tertiary/aromatic N) is 1. The first-order valence-electron chi connectivity index (χ1n) is 14.4. The molecule has 7 heteroatoms.